The first-order valence-corrected chi connectivity index (χ1v) is 9.64. The Hall–Kier alpha value is -2.69. The molecule has 0 aromatic heterocycles. The summed E-state index contributed by atoms with van der Waals surface area (Å²) in [6.07, 6.45) is 1.76. The van der Waals surface area contributed by atoms with E-state index in [9.17, 15) is 4.79 Å². The zero-order valence-electron chi connectivity index (χ0n) is 16.2. The highest BCUT2D eigenvalue weighted by Gasteiger charge is 2.20. The minimum absolute atomic E-state index is 0.0281. The summed E-state index contributed by atoms with van der Waals surface area (Å²) in [5.41, 5.74) is 2.39. The molecule has 2 amide bonds. The van der Waals surface area contributed by atoms with Crippen molar-refractivity contribution < 1.29 is 9.53 Å². The van der Waals surface area contributed by atoms with Crippen LogP contribution in [0.25, 0.3) is 0 Å². The Balaban J connectivity index is 1.51. The van der Waals surface area contributed by atoms with Gasteiger partial charge in [-0.3, -0.25) is 0 Å². The molecule has 1 N–H and O–H groups in total. The maximum Gasteiger partial charge on any atom is 0.317 e. The molecule has 5 nitrogen and oxygen atoms in total. The van der Waals surface area contributed by atoms with Crippen molar-refractivity contribution in [1.29, 1.82) is 0 Å². The van der Waals surface area contributed by atoms with E-state index in [0.29, 0.717) is 0 Å². The molecule has 1 aliphatic heterocycles. The van der Waals surface area contributed by atoms with Crippen molar-refractivity contribution in [3.8, 4) is 5.75 Å². The zero-order chi connectivity index (χ0) is 19.1. The van der Waals surface area contributed by atoms with Crippen molar-refractivity contribution in [2.45, 2.75) is 25.8 Å². The zero-order valence-corrected chi connectivity index (χ0v) is 16.2. The molecule has 0 spiro atoms. The molecule has 2 aromatic rings. The van der Waals surface area contributed by atoms with E-state index in [1.54, 1.807) is 7.11 Å². The quantitative estimate of drug-likeness (QED) is 0.879. The van der Waals surface area contributed by atoms with Crippen molar-refractivity contribution in [2.75, 3.05) is 38.2 Å². The number of benzene rings is 2. The number of para-hydroxylation sites is 1. The van der Waals surface area contributed by atoms with Gasteiger partial charge in [0.15, 0.2) is 0 Å². The number of ether oxygens (including phenoxy) is 1. The predicted octanol–water partition coefficient (Wildman–Crippen LogP) is 3.55. The Labute approximate surface area is 161 Å². The van der Waals surface area contributed by atoms with Crippen molar-refractivity contribution in [3.63, 3.8) is 0 Å². The second kappa shape index (κ2) is 9.31. The molecule has 0 radical (unpaired) electrons. The standard InChI is InChI=1S/C22H29N3O2/c1-18(16-19-8-6-11-21(17-19)27-2)23-22(26)25-13-7-12-24(14-15-25)20-9-4-3-5-10-20/h3-6,8-11,17-18H,7,12-16H2,1-2H3,(H,23,26). The van der Waals surface area contributed by atoms with Crippen molar-refractivity contribution >= 4 is 11.7 Å². The topological polar surface area (TPSA) is 44.8 Å². The molecule has 3 rings (SSSR count). The van der Waals surface area contributed by atoms with Gasteiger partial charge in [-0.05, 0) is 49.6 Å². The molecule has 144 valence electrons. The van der Waals surface area contributed by atoms with Crippen LogP contribution in [0, 0.1) is 0 Å². The number of carbonyl (C=O) groups excluding carboxylic acids is 1. The van der Waals surface area contributed by atoms with Crippen LogP contribution in [0.2, 0.25) is 0 Å². The Bertz CT molecular complexity index is 735. The molecule has 0 saturated carbocycles. The summed E-state index contributed by atoms with van der Waals surface area (Å²) in [6, 6.07) is 18.5. The monoisotopic (exact) mass is 367 g/mol. The highest BCUT2D eigenvalue weighted by atomic mass is 16.5. The molecular weight excluding hydrogens is 338 g/mol. The number of hydrogen-bond acceptors (Lipinski definition) is 3. The van der Waals surface area contributed by atoms with Crippen LogP contribution < -0.4 is 15.0 Å². The Morgan fingerprint density at radius 1 is 1.07 bits per heavy atom. The van der Waals surface area contributed by atoms with E-state index in [2.05, 4.69) is 40.5 Å². The number of nitrogens with one attached hydrogen (secondary N) is 1. The third kappa shape index (κ3) is 5.39. The van der Waals surface area contributed by atoms with E-state index in [1.165, 1.54) is 5.69 Å². The van der Waals surface area contributed by atoms with E-state index >= 15 is 0 Å². The minimum atomic E-state index is 0.0281. The normalized spacial score (nSPS) is 15.8. The van der Waals surface area contributed by atoms with Gasteiger partial charge >= 0.3 is 6.03 Å². The SMILES string of the molecule is COc1cccc(CC(C)NC(=O)N2CCCN(c3ccccc3)CC2)c1. The summed E-state index contributed by atoms with van der Waals surface area (Å²) >= 11 is 0. The third-order valence-corrected chi connectivity index (χ3v) is 4.95. The maximum atomic E-state index is 12.7. The van der Waals surface area contributed by atoms with Gasteiger partial charge < -0.3 is 19.9 Å². The van der Waals surface area contributed by atoms with Crippen LogP contribution >= 0.6 is 0 Å². The van der Waals surface area contributed by atoms with E-state index in [4.69, 9.17) is 4.74 Å². The van der Waals surface area contributed by atoms with Crippen LogP contribution in [0.4, 0.5) is 10.5 Å². The lowest BCUT2D eigenvalue weighted by atomic mass is 10.1. The van der Waals surface area contributed by atoms with Crippen LogP contribution in [-0.2, 0) is 6.42 Å². The van der Waals surface area contributed by atoms with Gasteiger partial charge in [-0.1, -0.05) is 30.3 Å². The summed E-state index contributed by atoms with van der Waals surface area (Å²) < 4.78 is 5.27. The second-order valence-electron chi connectivity index (χ2n) is 7.07. The van der Waals surface area contributed by atoms with Crippen LogP contribution in [-0.4, -0.2) is 50.3 Å². The first kappa shape index (κ1) is 19.1. The molecule has 1 unspecified atom stereocenters. The first-order valence-electron chi connectivity index (χ1n) is 9.64. The van der Waals surface area contributed by atoms with Crippen LogP contribution in [0.3, 0.4) is 0 Å². The van der Waals surface area contributed by atoms with Crippen molar-refractivity contribution in [1.82, 2.24) is 10.2 Å². The van der Waals surface area contributed by atoms with Gasteiger partial charge in [0, 0.05) is 37.9 Å². The maximum absolute atomic E-state index is 12.7. The number of urea groups is 1. The number of nitrogens with zero attached hydrogens (tertiary/aromatic N) is 2. The molecule has 1 saturated heterocycles. The smallest absolute Gasteiger partial charge is 0.317 e. The Morgan fingerprint density at radius 3 is 2.67 bits per heavy atom. The number of amides is 2. The fraction of sp³-hybridized carbons (Fsp3) is 0.409. The Morgan fingerprint density at radius 2 is 1.89 bits per heavy atom. The van der Waals surface area contributed by atoms with Crippen molar-refractivity contribution in [3.05, 3.63) is 60.2 Å². The van der Waals surface area contributed by atoms with E-state index in [1.807, 2.05) is 36.1 Å². The van der Waals surface area contributed by atoms with Gasteiger partial charge in [0.2, 0.25) is 0 Å². The molecule has 5 heteroatoms. The highest BCUT2D eigenvalue weighted by molar-refractivity contribution is 5.74. The molecule has 2 aromatic carbocycles. The molecule has 0 bridgehead atoms. The molecule has 1 heterocycles. The number of anilines is 1. The predicted molar refractivity (Wildman–Crippen MR) is 110 cm³/mol. The average Bonchev–Trinajstić information content (AvgIpc) is 2.95. The van der Waals surface area contributed by atoms with Gasteiger partial charge in [-0.15, -0.1) is 0 Å². The third-order valence-electron chi connectivity index (χ3n) is 4.95. The lowest BCUT2D eigenvalue weighted by molar-refractivity contribution is 0.198. The van der Waals surface area contributed by atoms with E-state index < -0.39 is 0 Å². The fourth-order valence-corrected chi connectivity index (χ4v) is 3.52. The number of hydrogen-bond donors (Lipinski definition) is 1. The van der Waals surface area contributed by atoms with Gasteiger partial charge in [0.1, 0.15) is 5.75 Å². The fourth-order valence-electron chi connectivity index (χ4n) is 3.52. The highest BCUT2D eigenvalue weighted by Crippen LogP contribution is 2.16. The number of methoxy groups -OCH3 is 1. The molecular formula is C22H29N3O2. The largest absolute Gasteiger partial charge is 0.497 e. The van der Waals surface area contributed by atoms with E-state index in [-0.39, 0.29) is 12.1 Å². The lowest BCUT2D eigenvalue weighted by Gasteiger charge is -2.25. The van der Waals surface area contributed by atoms with Crippen LogP contribution in [0.5, 0.6) is 5.75 Å². The summed E-state index contributed by atoms with van der Waals surface area (Å²) in [5.74, 6) is 0.847. The minimum Gasteiger partial charge on any atom is -0.497 e. The molecule has 0 aliphatic carbocycles. The average molecular weight is 367 g/mol. The number of rotatable bonds is 5. The summed E-state index contributed by atoms with van der Waals surface area (Å²) in [4.78, 5) is 17.0. The van der Waals surface area contributed by atoms with Gasteiger partial charge in [0.25, 0.3) is 0 Å². The van der Waals surface area contributed by atoms with Crippen molar-refractivity contribution in [2.24, 2.45) is 0 Å². The van der Waals surface area contributed by atoms with Crippen LogP contribution in [0.15, 0.2) is 54.6 Å². The summed E-state index contributed by atoms with van der Waals surface area (Å²) in [6.45, 7) is 5.42. The summed E-state index contributed by atoms with van der Waals surface area (Å²) in [7, 11) is 1.67. The van der Waals surface area contributed by atoms with E-state index in [0.717, 1.165) is 50.3 Å². The lowest BCUT2D eigenvalue weighted by Crippen LogP contribution is -2.46. The Kier molecular flexibility index (Phi) is 6.58. The van der Waals surface area contributed by atoms with Gasteiger partial charge in [-0.2, -0.15) is 0 Å². The van der Waals surface area contributed by atoms with Crippen LogP contribution in [0.1, 0.15) is 18.9 Å². The number of carbonyl (C=O) groups is 1. The molecule has 27 heavy (non-hydrogen) atoms. The molecule has 1 aliphatic rings. The van der Waals surface area contributed by atoms with Gasteiger partial charge in [-0.25, -0.2) is 4.79 Å². The molecule has 1 atom stereocenters. The summed E-state index contributed by atoms with van der Waals surface area (Å²) in [5, 5.41) is 3.15. The molecule has 1 fully saturated rings. The second-order valence-corrected chi connectivity index (χ2v) is 7.07. The van der Waals surface area contributed by atoms with Gasteiger partial charge in [0.05, 0.1) is 7.11 Å². The first-order chi connectivity index (χ1) is 13.2.